The van der Waals surface area contributed by atoms with Gasteiger partial charge in [-0.25, -0.2) is 0 Å². The van der Waals surface area contributed by atoms with Crippen LogP contribution >= 0.6 is 0 Å². The number of hydrogen-bond acceptors (Lipinski definition) is 7. The molecule has 1 saturated heterocycles. The molecule has 2 rings (SSSR count). The van der Waals surface area contributed by atoms with Crippen LogP contribution in [0.5, 0.6) is 0 Å². The molecule has 0 radical (unpaired) electrons. The van der Waals surface area contributed by atoms with E-state index in [1.54, 1.807) is 0 Å². The van der Waals surface area contributed by atoms with Gasteiger partial charge in [0.1, 0.15) is 0 Å². The van der Waals surface area contributed by atoms with E-state index in [1.807, 2.05) is 26.0 Å². The van der Waals surface area contributed by atoms with Gasteiger partial charge in [-0.15, -0.1) is 0 Å². The number of benzene rings is 1. The summed E-state index contributed by atoms with van der Waals surface area (Å²) in [5, 5.41) is 24.9. The summed E-state index contributed by atoms with van der Waals surface area (Å²) in [6.07, 6.45) is 0.759. The normalized spacial score (nSPS) is 19.5. The molecule has 1 N–H and O–H groups in total. The van der Waals surface area contributed by atoms with E-state index in [0.717, 1.165) is 28.8 Å². The summed E-state index contributed by atoms with van der Waals surface area (Å²) < 4.78 is 11.3. The quantitative estimate of drug-likeness (QED) is 0.499. The van der Waals surface area contributed by atoms with Crippen LogP contribution in [0.25, 0.3) is 0 Å². The molecule has 0 amide bonds. The standard InChI is InChI=1S/C17H25N3O6/c1-3-6-18-16-13(4-7-19(21)22)9-15(17-25-11-12(2)26-17)10-14(16)5-8-20(23)24/h9-10,12,17-18H,3-8,11H2,1-2H3. The summed E-state index contributed by atoms with van der Waals surface area (Å²) in [7, 11) is 0. The van der Waals surface area contributed by atoms with Crippen LogP contribution in [0.2, 0.25) is 0 Å². The third-order valence-corrected chi connectivity index (χ3v) is 4.11. The number of nitro groups is 2. The molecule has 1 fully saturated rings. The van der Waals surface area contributed by atoms with Crippen molar-refractivity contribution in [3.8, 4) is 0 Å². The predicted octanol–water partition coefficient (Wildman–Crippen LogP) is 2.58. The van der Waals surface area contributed by atoms with E-state index >= 15 is 0 Å². The lowest BCUT2D eigenvalue weighted by atomic mass is 9.97. The Kier molecular flexibility index (Phi) is 7.28. The SMILES string of the molecule is CCCNc1c(CC[N+](=O)[O-])cc(C2OCC(C)O2)cc1CC[N+](=O)[O-]. The first-order valence-electron chi connectivity index (χ1n) is 8.81. The van der Waals surface area contributed by atoms with Gasteiger partial charge in [0.25, 0.3) is 0 Å². The third kappa shape index (κ3) is 5.63. The maximum absolute atomic E-state index is 10.8. The summed E-state index contributed by atoms with van der Waals surface area (Å²) in [6.45, 7) is 4.65. The van der Waals surface area contributed by atoms with Gasteiger partial charge in [0, 0.05) is 40.5 Å². The lowest BCUT2D eigenvalue weighted by Crippen LogP contribution is -2.14. The Balaban J connectivity index is 2.39. The van der Waals surface area contributed by atoms with E-state index < -0.39 is 6.29 Å². The molecule has 2 atom stereocenters. The van der Waals surface area contributed by atoms with Crippen molar-refractivity contribution in [2.24, 2.45) is 0 Å². The third-order valence-electron chi connectivity index (χ3n) is 4.11. The Morgan fingerprint density at radius 2 is 1.73 bits per heavy atom. The minimum absolute atomic E-state index is 0.0395. The molecule has 1 heterocycles. The van der Waals surface area contributed by atoms with E-state index in [9.17, 15) is 20.2 Å². The van der Waals surface area contributed by atoms with Crippen molar-refractivity contribution in [1.82, 2.24) is 0 Å². The fourth-order valence-electron chi connectivity index (χ4n) is 2.91. The zero-order valence-electron chi connectivity index (χ0n) is 15.1. The Hall–Kier alpha value is -2.26. The van der Waals surface area contributed by atoms with Crippen molar-refractivity contribution in [2.45, 2.75) is 45.5 Å². The number of rotatable bonds is 10. The molecule has 0 aromatic heterocycles. The molecule has 9 nitrogen and oxygen atoms in total. The zero-order valence-corrected chi connectivity index (χ0v) is 15.1. The number of hydrogen-bond donors (Lipinski definition) is 1. The highest BCUT2D eigenvalue weighted by atomic mass is 16.7. The molecular formula is C17H25N3O6. The van der Waals surface area contributed by atoms with Gasteiger partial charge < -0.3 is 14.8 Å². The van der Waals surface area contributed by atoms with Crippen molar-refractivity contribution in [3.05, 3.63) is 49.1 Å². The van der Waals surface area contributed by atoms with Crippen molar-refractivity contribution in [1.29, 1.82) is 0 Å². The number of ether oxygens (including phenoxy) is 2. The first-order valence-corrected chi connectivity index (χ1v) is 8.81. The highest BCUT2D eigenvalue weighted by Crippen LogP contribution is 2.33. The monoisotopic (exact) mass is 367 g/mol. The second kappa shape index (κ2) is 9.44. The molecule has 0 spiro atoms. The smallest absolute Gasteiger partial charge is 0.207 e. The van der Waals surface area contributed by atoms with Gasteiger partial charge in [-0.05, 0) is 36.6 Å². The number of anilines is 1. The van der Waals surface area contributed by atoms with Crippen molar-refractivity contribution in [2.75, 3.05) is 31.6 Å². The molecule has 0 bridgehead atoms. The molecule has 0 saturated carbocycles. The van der Waals surface area contributed by atoms with Crippen LogP contribution in [-0.4, -0.2) is 42.2 Å². The summed E-state index contributed by atoms with van der Waals surface area (Å²) in [5.74, 6) is 0. The molecule has 0 aliphatic carbocycles. The van der Waals surface area contributed by atoms with Gasteiger partial charge in [0.05, 0.1) is 12.7 Å². The molecule has 9 heteroatoms. The van der Waals surface area contributed by atoms with Gasteiger partial charge >= 0.3 is 0 Å². The molecule has 1 aliphatic heterocycles. The fraction of sp³-hybridized carbons (Fsp3) is 0.647. The van der Waals surface area contributed by atoms with Crippen LogP contribution in [0, 0.1) is 20.2 Å². The summed E-state index contributed by atoms with van der Waals surface area (Å²) in [4.78, 5) is 20.9. The average molecular weight is 367 g/mol. The maximum Gasteiger partial charge on any atom is 0.207 e. The Labute approximate surface area is 152 Å². The number of nitrogens with one attached hydrogen (secondary N) is 1. The highest BCUT2D eigenvalue weighted by molar-refractivity contribution is 5.60. The molecule has 144 valence electrons. The molecule has 26 heavy (non-hydrogen) atoms. The van der Waals surface area contributed by atoms with Crippen LogP contribution in [0.15, 0.2) is 12.1 Å². The Bertz CT molecular complexity index is 612. The fourth-order valence-corrected chi connectivity index (χ4v) is 2.91. The first-order chi connectivity index (χ1) is 12.4. The van der Waals surface area contributed by atoms with Crippen molar-refractivity contribution < 1.29 is 19.3 Å². The van der Waals surface area contributed by atoms with E-state index in [4.69, 9.17) is 9.47 Å². The van der Waals surface area contributed by atoms with Gasteiger partial charge in [0.15, 0.2) is 6.29 Å². The Morgan fingerprint density at radius 3 is 2.15 bits per heavy atom. The zero-order chi connectivity index (χ0) is 19.1. The van der Waals surface area contributed by atoms with E-state index in [1.165, 1.54) is 0 Å². The molecule has 1 aliphatic rings. The van der Waals surface area contributed by atoms with Gasteiger partial charge in [-0.2, -0.15) is 0 Å². The lowest BCUT2D eigenvalue weighted by molar-refractivity contribution is -0.479. The van der Waals surface area contributed by atoms with Crippen molar-refractivity contribution >= 4 is 5.69 Å². The minimum atomic E-state index is -0.547. The topological polar surface area (TPSA) is 117 Å². The van der Waals surface area contributed by atoms with Crippen molar-refractivity contribution in [3.63, 3.8) is 0 Å². The maximum atomic E-state index is 10.8. The van der Waals surface area contributed by atoms with Crippen LogP contribution in [-0.2, 0) is 22.3 Å². The largest absolute Gasteiger partial charge is 0.385 e. The summed E-state index contributed by atoms with van der Waals surface area (Å²) in [6, 6.07) is 3.69. The van der Waals surface area contributed by atoms with Crippen LogP contribution in [0.1, 0.15) is 43.2 Å². The van der Waals surface area contributed by atoms with Crippen LogP contribution in [0.3, 0.4) is 0 Å². The lowest BCUT2D eigenvalue weighted by Gasteiger charge is -2.19. The molecular weight excluding hydrogens is 342 g/mol. The average Bonchev–Trinajstić information content (AvgIpc) is 3.02. The molecule has 2 unspecified atom stereocenters. The summed E-state index contributed by atoms with van der Waals surface area (Å²) >= 11 is 0. The Morgan fingerprint density at radius 1 is 1.15 bits per heavy atom. The van der Waals surface area contributed by atoms with E-state index in [-0.39, 0.29) is 41.9 Å². The predicted molar refractivity (Wildman–Crippen MR) is 95.6 cm³/mol. The first kappa shape index (κ1) is 20.1. The van der Waals surface area contributed by atoms with E-state index in [0.29, 0.717) is 13.2 Å². The highest BCUT2D eigenvalue weighted by Gasteiger charge is 2.26. The second-order valence-corrected chi connectivity index (χ2v) is 6.37. The summed E-state index contributed by atoms with van der Waals surface area (Å²) in [5.41, 5.74) is 3.02. The van der Waals surface area contributed by atoms with Gasteiger partial charge in [-0.3, -0.25) is 20.2 Å². The van der Waals surface area contributed by atoms with Gasteiger partial charge in [0.2, 0.25) is 13.1 Å². The molecule has 1 aromatic carbocycles. The van der Waals surface area contributed by atoms with Gasteiger partial charge in [-0.1, -0.05) is 6.92 Å². The second-order valence-electron chi connectivity index (χ2n) is 6.37. The van der Waals surface area contributed by atoms with E-state index in [2.05, 4.69) is 5.32 Å². The van der Waals surface area contributed by atoms with Crippen LogP contribution in [0.4, 0.5) is 5.69 Å². The minimum Gasteiger partial charge on any atom is -0.385 e. The van der Waals surface area contributed by atoms with Crippen LogP contribution < -0.4 is 5.32 Å². The number of nitrogens with zero attached hydrogens (tertiary/aromatic N) is 2. The molecule has 1 aromatic rings.